The summed E-state index contributed by atoms with van der Waals surface area (Å²) in [5.41, 5.74) is 0.518. The molecule has 0 bridgehead atoms. The summed E-state index contributed by atoms with van der Waals surface area (Å²) in [6, 6.07) is 6.15. The highest BCUT2D eigenvalue weighted by Gasteiger charge is 2.39. The summed E-state index contributed by atoms with van der Waals surface area (Å²) in [7, 11) is 0. The average Bonchev–Trinajstić information content (AvgIpc) is 3.23. The van der Waals surface area contributed by atoms with Gasteiger partial charge in [0.05, 0.1) is 11.7 Å². The molecule has 2 aliphatic rings. The molecule has 2 atom stereocenters. The van der Waals surface area contributed by atoms with Crippen LogP contribution in [0.25, 0.3) is 0 Å². The molecule has 1 aromatic rings. The molecule has 0 unspecified atom stereocenters. The zero-order chi connectivity index (χ0) is 16.6. The predicted octanol–water partition coefficient (Wildman–Crippen LogP) is 2.64. The molecule has 0 spiro atoms. The van der Waals surface area contributed by atoms with Crippen LogP contribution in [0.3, 0.4) is 0 Å². The predicted molar refractivity (Wildman–Crippen MR) is 86.5 cm³/mol. The summed E-state index contributed by atoms with van der Waals surface area (Å²) in [6.45, 7) is 7.45. The molecule has 1 heterocycles. The third-order valence-electron chi connectivity index (χ3n) is 4.32. The van der Waals surface area contributed by atoms with Crippen LogP contribution in [-0.2, 0) is 9.53 Å². The van der Waals surface area contributed by atoms with E-state index in [-0.39, 0.29) is 23.4 Å². The Hall–Kier alpha value is -1.46. The van der Waals surface area contributed by atoms with Crippen molar-refractivity contribution in [2.45, 2.75) is 57.4 Å². The van der Waals surface area contributed by atoms with Crippen LogP contribution in [-0.4, -0.2) is 41.6 Å². The second-order valence-corrected chi connectivity index (χ2v) is 7.35. The van der Waals surface area contributed by atoms with Gasteiger partial charge in [0.2, 0.25) is 5.91 Å². The lowest BCUT2D eigenvalue weighted by Crippen LogP contribution is -2.55. The topological polar surface area (TPSA) is 41.6 Å². The van der Waals surface area contributed by atoms with Gasteiger partial charge in [0.25, 0.3) is 0 Å². The Morgan fingerprint density at radius 3 is 2.57 bits per heavy atom. The first-order valence-electron chi connectivity index (χ1n) is 8.32. The molecule has 0 aromatic heterocycles. The molecule has 1 saturated heterocycles. The van der Waals surface area contributed by atoms with E-state index in [1.807, 2.05) is 20.8 Å². The van der Waals surface area contributed by atoms with Gasteiger partial charge >= 0.3 is 0 Å². The van der Waals surface area contributed by atoms with E-state index in [1.54, 1.807) is 12.1 Å². The number of amides is 1. The lowest BCUT2D eigenvalue weighted by molar-refractivity contribution is -0.150. The minimum Gasteiger partial charge on any atom is -0.370 e. The summed E-state index contributed by atoms with van der Waals surface area (Å²) < 4.78 is 19.2. The van der Waals surface area contributed by atoms with Gasteiger partial charge in [0.15, 0.2) is 0 Å². The summed E-state index contributed by atoms with van der Waals surface area (Å²) in [4.78, 5) is 15.0. The zero-order valence-corrected chi connectivity index (χ0v) is 14.0. The average molecular weight is 320 g/mol. The molecule has 23 heavy (non-hydrogen) atoms. The van der Waals surface area contributed by atoms with Crippen LogP contribution >= 0.6 is 0 Å². The van der Waals surface area contributed by atoms with Gasteiger partial charge in [0.1, 0.15) is 11.9 Å². The lowest BCUT2D eigenvalue weighted by Gasteiger charge is -2.44. The maximum Gasteiger partial charge on any atom is 0.242 e. The standard InChI is InChI=1S/C18H25FN2O2/c1-12-10-21(11-18(2,3)23-12)16(17(22)20-15-8-9-15)13-4-6-14(19)7-5-13/h4-7,12,15-16H,8-11H2,1-3H3,(H,20,22)/t12-,16-/m1/s1. The molecule has 3 rings (SSSR count). The lowest BCUT2D eigenvalue weighted by atomic mass is 9.98. The number of carbonyl (C=O) groups excluding carboxylic acids is 1. The van der Waals surface area contributed by atoms with Crippen molar-refractivity contribution < 1.29 is 13.9 Å². The van der Waals surface area contributed by atoms with Crippen molar-refractivity contribution in [1.29, 1.82) is 0 Å². The SMILES string of the molecule is C[C@@H]1CN([C@@H](C(=O)NC2CC2)c2ccc(F)cc2)CC(C)(C)O1. The van der Waals surface area contributed by atoms with E-state index in [4.69, 9.17) is 4.74 Å². The summed E-state index contributed by atoms with van der Waals surface area (Å²) in [5.74, 6) is -0.283. The monoisotopic (exact) mass is 320 g/mol. The molecule has 2 fully saturated rings. The van der Waals surface area contributed by atoms with E-state index in [2.05, 4.69) is 10.2 Å². The fourth-order valence-electron chi connectivity index (χ4n) is 3.38. The Morgan fingerprint density at radius 2 is 2.00 bits per heavy atom. The Balaban J connectivity index is 1.87. The molecule has 1 N–H and O–H groups in total. The maximum atomic E-state index is 13.3. The van der Waals surface area contributed by atoms with Gasteiger partial charge in [-0.3, -0.25) is 9.69 Å². The number of rotatable bonds is 4. The van der Waals surface area contributed by atoms with Gasteiger partial charge < -0.3 is 10.1 Å². The molecule has 1 aromatic carbocycles. The number of nitrogens with one attached hydrogen (secondary N) is 1. The summed E-state index contributed by atoms with van der Waals surface area (Å²) >= 11 is 0. The number of ether oxygens (including phenoxy) is 1. The smallest absolute Gasteiger partial charge is 0.242 e. The Morgan fingerprint density at radius 1 is 1.35 bits per heavy atom. The van der Waals surface area contributed by atoms with Gasteiger partial charge in [-0.15, -0.1) is 0 Å². The number of morpholine rings is 1. The number of hydrogen-bond donors (Lipinski definition) is 1. The van der Waals surface area contributed by atoms with E-state index < -0.39 is 6.04 Å². The van der Waals surface area contributed by atoms with Gasteiger partial charge in [-0.1, -0.05) is 12.1 Å². The molecular formula is C18H25FN2O2. The molecule has 4 nitrogen and oxygen atoms in total. The summed E-state index contributed by atoms with van der Waals surface area (Å²) in [5, 5.41) is 3.09. The number of benzene rings is 1. The highest BCUT2D eigenvalue weighted by Crippen LogP contribution is 2.30. The van der Waals surface area contributed by atoms with Crippen molar-refractivity contribution in [3.63, 3.8) is 0 Å². The fraction of sp³-hybridized carbons (Fsp3) is 0.611. The quantitative estimate of drug-likeness (QED) is 0.927. The first-order valence-corrected chi connectivity index (χ1v) is 8.32. The third kappa shape index (κ3) is 4.09. The molecule has 0 radical (unpaired) electrons. The highest BCUT2D eigenvalue weighted by atomic mass is 19.1. The van der Waals surface area contributed by atoms with Crippen molar-refractivity contribution in [2.75, 3.05) is 13.1 Å². The third-order valence-corrected chi connectivity index (χ3v) is 4.32. The Bertz CT molecular complexity index is 569. The van der Waals surface area contributed by atoms with Crippen molar-refractivity contribution in [3.05, 3.63) is 35.6 Å². The molecule has 126 valence electrons. The zero-order valence-electron chi connectivity index (χ0n) is 14.0. The first kappa shape index (κ1) is 16.4. The largest absolute Gasteiger partial charge is 0.370 e. The second kappa shape index (κ2) is 6.21. The van der Waals surface area contributed by atoms with E-state index in [9.17, 15) is 9.18 Å². The molecular weight excluding hydrogens is 295 g/mol. The first-order chi connectivity index (χ1) is 10.8. The van der Waals surface area contributed by atoms with E-state index >= 15 is 0 Å². The van der Waals surface area contributed by atoms with Crippen LogP contribution in [0.2, 0.25) is 0 Å². The van der Waals surface area contributed by atoms with Crippen LogP contribution in [0.4, 0.5) is 4.39 Å². The molecule has 1 aliphatic heterocycles. The van der Waals surface area contributed by atoms with E-state index in [0.717, 1.165) is 18.4 Å². The van der Waals surface area contributed by atoms with Crippen molar-refractivity contribution in [2.24, 2.45) is 0 Å². The van der Waals surface area contributed by atoms with Crippen LogP contribution in [0.5, 0.6) is 0 Å². The Labute approximate surface area is 137 Å². The van der Waals surface area contributed by atoms with E-state index in [1.165, 1.54) is 12.1 Å². The summed E-state index contributed by atoms with van der Waals surface area (Å²) in [6.07, 6.45) is 2.15. The van der Waals surface area contributed by atoms with Crippen LogP contribution in [0.1, 0.15) is 45.2 Å². The second-order valence-electron chi connectivity index (χ2n) is 7.35. The molecule has 1 saturated carbocycles. The molecule has 5 heteroatoms. The van der Waals surface area contributed by atoms with Gasteiger partial charge in [0, 0.05) is 19.1 Å². The normalized spacial score (nSPS) is 25.8. The van der Waals surface area contributed by atoms with Gasteiger partial charge in [-0.2, -0.15) is 0 Å². The number of nitrogens with zero attached hydrogens (tertiary/aromatic N) is 1. The number of hydrogen-bond acceptors (Lipinski definition) is 3. The number of halogens is 1. The molecule has 1 amide bonds. The van der Waals surface area contributed by atoms with Gasteiger partial charge in [-0.05, 0) is 51.3 Å². The highest BCUT2D eigenvalue weighted by molar-refractivity contribution is 5.83. The van der Waals surface area contributed by atoms with Crippen LogP contribution in [0.15, 0.2) is 24.3 Å². The van der Waals surface area contributed by atoms with Crippen LogP contribution in [0, 0.1) is 5.82 Å². The minimum absolute atomic E-state index is 0.00371. The Kier molecular flexibility index (Phi) is 4.43. The fourth-order valence-corrected chi connectivity index (χ4v) is 3.38. The van der Waals surface area contributed by atoms with E-state index in [0.29, 0.717) is 19.1 Å². The van der Waals surface area contributed by atoms with Gasteiger partial charge in [-0.25, -0.2) is 4.39 Å². The van der Waals surface area contributed by atoms with Crippen molar-refractivity contribution in [1.82, 2.24) is 10.2 Å². The molecule has 1 aliphatic carbocycles. The minimum atomic E-state index is -0.401. The maximum absolute atomic E-state index is 13.3. The number of carbonyl (C=O) groups is 1. The van der Waals surface area contributed by atoms with Crippen molar-refractivity contribution >= 4 is 5.91 Å². The van der Waals surface area contributed by atoms with Crippen LogP contribution < -0.4 is 5.32 Å². The van der Waals surface area contributed by atoms with Crippen molar-refractivity contribution in [3.8, 4) is 0 Å².